The predicted octanol–water partition coefficient (Wildman–Crippen LogP) is 3.33. The lowest BCUT2D eigenvalue weighted by atomic mass is 10.1. The number of rotatable bonds is 8. The lowest BCUT2D eigenvalue weighted by molar-refractivity contribution is 0.198. The van der Waals surface area contributed by atoms with Crippen LogP contribution in [-0.2, 0) is 6.54 Å². The Kier molecular flexibility index (Phi) is 8.23. The highest BCUT2D eigenvalue weighted by Gasteiger charge is 2.22. The molecular weight excluding hydrogens is 364 g/mol. The molecular formula is C23H36N4O2. The van der Waals surface area contributed by atoms with Gasteiger partial charge in [-0.2, -0.15) is 0 Å². The Balaban J connectivity index is 1.57. The van der Waals surface area contributed by atoms with E-state index in [0.717, 1.165) is 68.3 Å². The Bertz CT molecular complexity index is 677. The zero-order chi connectivity index (χ0) is 20.5. The van der Waals surface area contributed by atoms with Crippen LogP contribution in [0.4, 0.5) is 0 Å². The Labute approximate surface area is 175 Å². The molecule has 0 spiro atoms. The average Bonchev–Trinajstić information content (AvgIpc) is 3.26. The van der Waals surface area contributed by atoms with Crippen molar-refractivity contribution in [1.29, 1.82) is 0 Å². The van der Waals surface area contributed by atoms with Gasteiger partial charge in [-0.25, -0.2) is 0 Å². The number of benzene rings is 1. The lowest BCUT2D eigenvalue weighted by Crippen LogP contribution is -2.48. The molecule has 2 fully saturated rings. The number of guanidine groups is 1. The fraction of sp³-hybridized carbons (Fsp3) is 0.609. The number of methoxy groups -OCH3 is 1. The van der Waals surface area contributed by atoms with Crippen molar-refractivity contribution in [2.24, 2.45) is 4.99 Å². The van der Waals surface area contributed by atoms with E-state index >= 15 is 0 Å². The van der Waals surface area contributed by atoms with E-state index in [4.69, 9.17) is 9.47 Å². The largest absolute Gasteiger partial charge is 0.493 e. The Morgan fingerprint density at radius 3 is 2.66 bits per heavy atom. The molecule has 1 aliphatic heterocycles. The van der Waals surface area contributed by atoms with Gasteiger partial charge in [0.25, 0.3) is 0 Å². The molecule has 1 aliphatic carbocycles. The summed E-state index contributed by atoms with van der Waals surface area (Å²) in [6.45, 7) is 7.64. The van der Waals surface area contributed by atoms with E-state index < -0.39 is 0 Å². The van der Waals surface area contributed by atoms with Gasteiger partial charge in [0.2, 0.25) is 0 Å². The topological polar surface area (TPSA) is 58.1 Å². The second-order valence-electron chi connectivity index (χ2n) is 7.91. The van der Waals surface area contributed by atoms with E-state index in [2.05, 4.69) is 33.2 Å². The standard InChI is InChI=1S/C23H36N4O2/c1-4-14-27-15-12-19(13-16-27)26-23(24-2)25-17-18-8-7-11-21(28-3)22(18)29-20-9-5-6-10-20/h4,7-8,11,19-20H,1,5-6,9-10,12-17H2,2-3H3,(H2,24,25,26). The van der Waals surface area contributed by atoms with Gasteiger partial charge in [0.15, 0.2) is 17.5 Å². The van der Waals surface area contributed by atoms with Gasteiger partial charge in [-0.3, -0.25) is 9.89 Å². The fourth-order valence-electron chi connectivity index (χ4n) is 4.18. The van der Waals surface area contributed by atoms with Crippen LogP contribution >= 0.6 is 0 Å². The van der Waals surface area contributed by atoms with E-state index in [-0.39, 0.29) is 0 Å². The molecule has 2 N–H and O–H groups in total. The zero-order valence-electron chi connectivity index (χ0n) is 18.0. The summed E-state index contributed by atoms with van der Waals surface area (Å²) in [5, 5.41) is 7.03. The molecule has 0 atom stereocenters. The highest BCUT2D eigenvalue weighted by atomic mass is 16.5. The second-order valence-corrected chi connectivity index (χ2v) is 7.91. The molecule has 1 heterocycles. The van der Waals surface area contributed by atoms with Crippen molar-refractivity contribution in [3.63, 3.8) is 0 Å². The number of piperidine rings is 1. The minimum absolute atomic E-state index is 0.295. The summed E-state index contributed by atoms with van der Waals surface area (Å²) in [5.74, 6) is 2.50. The van der Waals surface area contributed by atoms with Crippen molar-refractivity contribution in [3.05, 3.63) is 36.4 Å². The maximum Gasteiger partial charge on any atom is 0.191 e. The van der Waals surface area contributed by atoms with E-state index in [9.17, 15) is 0 Å². The number of para-hydroxylation sites is 1. The number of hydrogen-bond donors (Lipinski definition) is 2. The number of aliphatic imine (C=N–C) groups is 1. The summed E-state index contributed by atoms with van der Waals surface area (Å²) in [7, 11) is 3.52. The molecule has 1 aromatic carbocycles. The lowest BCUT2D eigenvalue weighted by Gasteiger charge is -2.32. The van der Waals surface area contributed by atoms with Gasteiger partial charge < -0.3 is 20.1 Å². The molecule has 6 heteroatoms. The number of nitrogens with zero attached hydrogens (tertiary/aromatic N) is 2. The molecule has 29 heavy (non-hydrogen) atoms. The third-order valence-corrected chi connectivity index (χ3v) is 5.85. The van der Waals surface area contributed by atoms with Gasteiger partial charge in [-0.05, 0) is 44.6 Å². The first-order valence-corrected chi connectivity index (χ1v) is 10.9. The predicted molar refractivity (Wildman–Crippen MR) is 119 cm³/mol. The summed E-state index contributed by atoms with van der Waals surface area (Å²) in [5.41, 5.74) is 1.10. The van der Waals surface area contributed by atoms with Crippen LogP contribution in [0, 0.1) is 0 Å². The van der Waals surface area contributed by atoms with Gasteiger partial charge in [0.05, 0.1) is 13.2 Å². The summed E-state index contributed by atoms with van der Waals surface area (Å²) in [6, 6.07) is 6.53. The maximum atomic E-state index is 6.34. The maximum absolute atomic E-state index is 6.34. The molecule has 0 radical (unpaired) electrons. The summed E-state index contributed by atoms with van der Waals surface area (Å²) in [4.78, 5) is 6.86. The van der Waals surface area contributed by atoms with Crippen LogP contribution < -0.4 is 20.1 Å². The summed E-state index contributed by atoms with van der Waals surface area (Å²) < 4.78 is 11.9. The van der Waals surface area contributed by atoms with Crippen LogP contribution in [0.25, 0.3) is 0 Å². The third kappa shape index (κ3) is 6.13. The molecule has 1 saturated carbocycles. The van der Waals surface area contributed by atoms with Crippen LogP contribution in [0.5, 0.6) is 11.5 Å². The van der Waals surface area contributed by atoms with Gasteiger partial charge in [-0.1, -0.05) is 18.2 Å². The molecule has 1 aromatic rings. The second kappa shape index (κ2) is 11.1. The summed E-state index contributed by atoms with van der Waals surface area (Å²) in [6.07, 6.45) is 9.24. The minimum atomic E-state index is 0.295. The van der Waals surface area contributed by atoms with Gasteiger partial charge in [-0.15, -0.1) is 6.58 Å². The van der Waals surface area contributed by atoms with E-state index in [0.29, 0.717) is 18.7 Å². The average molecular weight is 401 g/mol. The number of ether oxygens (including phenoxy) is 2. The molecule has 1 saturated heterocycles. The highest BCUT2D eigenvalue weighted by molar-refractivity contribution is 5.80. The van der Waals surface area contributed by atoms with Crippen molar-refractivity contribution >= 4 is 5.96 Å². The highest BCUT2D eigenvalue weighted by Crippen LogP contribution is 2.34. The molecule has 2 aliphatic rings. The first kappa shape index (κ1) is 21.5. The van der Waals surface area contributed by atoms with E-state index in [1.165, 1.54) is 12.8 Å². The van der Waals surface area contributed by atoms with Crippen LogP contribution in [0.2, 0.25) is 0 Å². The van der Waals surface area contributed by atoms with Crippen molar-refractivity contribution in [3.8, 4) is 11.5 Å². The molecule has 0 bridgehead atoms. The molecule has 3 rings (SSSR count). The van der Waals surface area contributed by atoms with Crippen molar-refractivity contribution < 1.29 is 9.47 Å². The van der Waals surface area contributed by atoms with E-state index in [1.54, 1.807) is 7.11 Å². The van der Waals surface area contributed by atoms with Crippen molar-refractivity contribution in [2.75, 3.05) is 33.8 Å². The molecule has 0 amide bonds. The number of hydrogen-bond acceptors (Lipinski definition) is 4. The minimum Gasteiger partial charge on any atom is -0.493 e. The monoisotopic (exact) mass is 400 g/mol. The van der Waals surface area contributed by atoms with Gasteiger partial charge in [0.1, 0.15) is 0 Å². The first-order chi connectivity index (χ1) is 14.2. The fourth-order valence-corrected chi connectivity index (χ4v) is 4.18. The van der Waals surface area contributed by atoms with Crippen molar-refractivity contribution in [2.45, 2.75) is 57.2 Å². The zero-order valence-corrected chi connectivity index (χ0v) is 18.0. The SMILES string of the molecule is C=CCN1CCC(NC(=NC)NCc2cccc(OC)c2OC2CCCC2)CC1. The van der Waals surface area contributed by atoms with Crippen LogP contribution in [0.15, 0.2) is 35.8 Å². The third-order valence-electron chi connectivity index (χ3n) is 5.85. The Morgan fingerprint density at radius 1 is 1.24 bits per heavy atom. The van der Waals surface area contributed by atoms with E-state index in [1.807, 2.05) is 25.3 Å². The molecule has 6 nitrogen and oxygen atoms in total. The van der Waals surface area contributed by atoms with Crippen molar-refractivity contribution in [1.82, 2.24) is 15.5 Å². The van der Waals surface area contributed by atoms with Crippen LogP contribution in [0.3, 0.4) is 0 Å². The number of nitrogens with one attached hydrogen (secondary N) is 2. The molecule has 0 unspecified atom stereocenters. The Hall–Kier alpha value is -2.21. The van der Waals surface area contributed by atoms with Gasteiger partial charge in [0, 0.05) is 44.8 Å². The first-order valence-electron chi connectivity index (χ1n) is 10.9. The smallest absolute Gasteiger partial charge is 0.191 e. The quantitative estimate of drug-likeness (QED) is 0.398. The van der Waals surface area contributed by atoms with Gasteiger partial charge >= 0.3 is 0 Å². The summed E-state index contributed by atoms with van der Waals surface area (Å²) >= 11 is 0. The normalized spacial score (nSPS) is 19.2. The Morgan fingerprint density at radius 2 is 2.00 bits per heavy atom. The molecule has 0 aromatic heterocycles. The van der Waals surface area contributed by atoms with Crippen LogP contribution in [-0.4, -0.2) is 56.8 Å². The molecule has 160 valence electrons. The number of likely N-dealkylation sites (tertiary alicyclic amines) is 1. The van der Waals surface area contributed by atoms with Crippen LogP contribution in [0.1, 0.15) is 44.1 Å².